The van der Waals surface area contributed by atoms with Crippen LogP contribution in [0.1, 0.15) is 37.8 Å². The molecule has 2 fully saturated rings. The SMILES string of the molecule is COc1cccc(C(C)NC(=O)C2C3CCC(C3)C2N)c1. The predicted molar refractivity (Wildman–Crippen MR) is 81.8 cm³/mol. The summed E-state index contributed by atoms with van der Waals surface area (Å²) in [6.07, 6.45) is 3.48. The fourth-order valence-corrected chi connectivity index (χ4v) is 4.03. The minimum absolute atomic E-state index is 0.00296. The Hall–Kier alpha value is -1.55. The molecule has 5 atom stereocenters. The smallest absolute Gasteiger partial charge is 0.225 e. The Morgan fingerprint density at radius 3 is 2.81 bits per heavy atom. The molecule has 114 valence electrons. The summed E-state index contributed by atoms with van der Waals surface area (Å²) in [5.41, 5.74) is 7.30. The first-order chi connectivity index (χ1) is 10.1. The topological polar surface area (TPSA) is 64.3 Å². The lowest BCUT2D eigenvalue weighted by atomic mass is 9.84. The van der Waals surface area contributed by atoms with Gasteiger partial charge >= 0.3 is 0 Å². The van der Waals surface area contributed by atoms with Gasteiger partial charge in [0.15, 0.2) is 0 Å². The van der Waals surface area contributed by atoms with Crippen LogP contribution >= 0.6 is 0 Å². The van der Waals surface area contributed by atoms with Crippen molar-refractivity contribution in [2.75, 3.05) is 7.11 Å². The van der Waals surface area contributed by atoms with Crippen LogP contribution in [0.15, 0.2) is 24.3 Å². The van der Waals surface area contributed by atoms with E-state index in [0.717, 1.165) is 24.2 Å². The lowest BCUT2D eigenvalue weighted by Gasteiger charge is -2.28. The number of amides is 1. The van der Waals surface area contributed by atoms with Crippen LogP contribution < -0.4 is 15.8 Å². The van der Waals surface area contributed by atoms with E-state index in [1.807, 2.05) is 31.2 Å². The number of rotatable bonds is 4. The second kappa shape index (κ2) is 5.68. The first-order valence-electron chi connectivity index (χ1n) is 7.80. The summed E-state index contributed by atoms with van der Waals surface area (Å²) in [7, 11) is 1.65. The van der Waals surface area contributed by atoms with Crippen LogP contribution in [-0.2, 0) is 4.79 Å². The highest BCUT2D eigenvalue weighted by Gasteiger charge is 2.49. The number of carbonyl (C=O) groups is 1. The van der Waals surface area contributed by atoms with Crippen LogP contribution in [0.3, 0.4) is 0 Å². The maximum Gasteiger partial charge on any atom is 0.225 e. The molecule has 21 heavy (non-hydrogen) atoms. The highest BCUT2D eigenvalue weighted by molar-refractivity contribution is 5.80. The Morgan fingerprint density at radius 1 is 1.38 bits per heavy atom. The van der Waals surface area contributed by atoms with Crippen molar-refractivity contribution in [3.63, 3.8) is 0 Å². The quantitative estimate of drug-likeness (QED) is 0.893. The van der Waals surface area contributed by atoms with Gasteiger partial charge in [0, 0.05) is 6.04 Å². The van der Waals surface area contributed by atoms with Gasteiger partial charge in [-0.1, -0.05) is 12.1 Å². The van der Waals surface area contributed by atoms with Crippen molar-refractivity contribution in [2.45, 2.75) is 38.3 Å². The summed E-state index contributed by atoms with van der Waals surface area (Å²) in [5, 5.41) is 3.13. The molecule has 4 nitrogen and oxygen atoms in total. The number of methoxy groups -OCH3 is 1. The van der Waals surface area contributed by atoms with Crippen LogP contribution in [0.2, 0.25) is 0 Å². The van der Waals surface area contributed by atoms with Crippen LogP contribution in [0.4, 0.5) is 0 Å². The molecule has 2 aliphatic carbocycles. The Labute approximate surface area is 126 Å². The molecule has 0 saturated heterocycles. The summed E-state index contributed by atoms with van der Waals surface area (Å²) in [6.45, 7) is 2.01. The van der Waals surface area contributed by atoms with Crippen molar-refractivity contribution >= 4 is 5.91 Å². The van der Waals surface area contributed by atoms with Gasteiger partial charge < -0.3 is 15.8 Å². The molecule has 0 aliphatic heterocycles. The van der Waals surface area contributed by atoms with Gasteiger partial charge in [0.05, 0.1) is 19.1 Å². The zero-order chi connectivity index (χ0) is 15.0. The largest absolute Gasteiger partial charge is 0.497 e. The van der Waals surface area contributed by atoms with Crippen LogP contribution in [-0.4, -0.2) is 19.1 Å². The minimum Gasteiger partial charge on any atom is -0.497 e. The van der Waals surface area contributed by atoms with E-state index in [1.54, 1.807) is 7.11 Å². The van der Waals surface area contributed by atoms with Gasteiger partial charge in [0.2, 0.25) is 5.91 Å². The van der Waals surface area contributed by atoms with Gasteiger partial charge in [-0.3, -0.25) is 4.79 Å². The van der Waals surface area contributed by atoms with Crippen molar-refractivity contribution in [1.82, 2.24) is 5.32 Å². The number of hydrogen-bond acceptors (Lipinski definition) is 3. The van der Waals surface area contributed by atoms with Crippen LogP contribution in [0.5, 0.6) is 5.75 Å². The van der Waals surface area contributed by atoms with E-state index in [1.165, 1.54) is 6.42 Å². The minimum atomic E-state index is -0.0288. The molecule has 0 spiro atoms. The third-order valence-corrected chi connectivity index (χ3v) is 5.24. The number of carbonyl (C=O) groups excluding carboxylic acids is 1. The van der Waals surface area contributed by atoms with E-state index in [0.29, 0.717) is 11.8 Å². The van der Waals surface area contributed by atoms with Crippen LogP contribution in [0.25, 0.3) is 0 Å². The van der Waals surface area contributed by atoms with Gasteiger partial charge in [0.1, 0.15) is 5.75 Å². The number of ether oxygens (including phenoxy) is 1. The highest BCUT2D eigenvalue weighted by atomic mass is 16.5. The molecular formula is C17H24N2O2. The summed E-state index contributed by atoms with van der Waals surface area (Å²) >= 11 is 0. The van der Waals surface area contributed by atoms with E-state index >= 15 is 0 Å². The van der Waals surface area contributed by atoms with Gasteiger partial charge in [-0.2, -0.15) is 0 Å². The zero-order valence-electron chi connectivity index (χ0n) is 12.7. The number of fused-ring (bicyclic) bond motifs is 2. The van der Waals surface area contributed by atoms with E-state index in [9.17, 15) is 4.79 Å². The van der Waals surface area contributed by atoms with Gasteiger partial charge in [0.25, 0.3) is 0 Å². The van der Waals surface area contributed by atoms with E-state index in [-0.39, 0.29) is 23.9 Å². The molecule has 5 unspecified atom stereocenters. The molecule has 1 amide bonds. The molecule has 2 aliphatic rings. The molecule has 3 rings (SSSR count). The molecule has 1 aromatic rings. The first kappa shape index (κ1) is 14.4. The summed E-state index contributed by atoms with van der Waals surface area (Å²) in [5.74, 6) is 1.97. The fourth-order valence-electron chi connectivity index (χ4n) is 4.03. The molecule has 1 aromatic carbocycles. The second-order valence-corrected chi connectivity index (χ2v) is 6.44. The molecule has 4 heteroatoms. The summed E-state index contributed by atoms with van der Waals surface area (Å²) < 4.78 is 5.23. The summed E-state index contributed by atoms with van der Waals surface area (Å²) in [6, 6.07) is 7.84. The Bertz CT molecular complexity index is 529. The fraction of sp³-hybridized carbons (Fsp3) is 0.588. The third-order valence-electron chi connectivity index (χ3n) is 5.24. The predicted octanol–water partition coefficient (Wildman–Crippen LogP) is 2.25. The van der Waals surface area contributed by atoms with E-state index < -0.39 is 0 Å². The molecule has 0 aromatic heterocycles. The highest BCUT2D eigenvalue weighted by Crippen LogP contribution is 2.47. The van der Waals surface area contributed by atoms with Gasteiger partial charge in [-0.15, -0.1) is 0 Å². The molecule has 2 saturated carbocycles. The maximum atomic E-state index is 12.6. The van der Waals surface area contributed by atoms with Gasteiger partial charge in [-0.25, -0.2) is 0 Å². The second-order valence-electron chi connectivity index (χ2n) is 6.44. The Balaban J connectivity index is 1.67. The molecule has 3 N–H and O–H groups in total. The number of nitrogens with one attached hydrogen (secondary N) is 1. The average Bonchev–Trinajstić information content (AvgIpc) is 3.08. The summed E-state index contributed by atoms with van der Waals surface area (Å²) in [4.78, 5) is 12.6. The monoisotopic (exact) mass is 288 g/mol. The number of hydrogen-bond donors (Lipinski definition) is 2. The van der Waals surface area contributed by atoms with E-state index in [4.69, 9.17) is 10.5 Å². The van der Waals surface area contributed by atoms with Crippen molar-refractivity contribution < 1.29 is 9.53 Å². The van der Waals surface area contributed by atoms with Crippen molar-refractivity contribution in [3.8, 4) is 5.75 Å². The molecule has 0 radical (unpaired) electrons. The Kier molecular flexibility index (Phi) is 3.89. The average molecular weight is 288 g/mol. The number of benzene rings is 1. The van der Waals surface area contributed by atoms with Gasteiger partial charge in [-0.05, 0) is 55.7 Å². The first-order valence-corrected chi connectivity index (χ1v) is 7.80. The third kappa shape index (κ3) is 2.64. The number of nitrogens with two attached hydrogens (primary N) is 1. The molecular weight excluding hydrogens is 264 g/mol. The zero-order valence-corrected chi connectivity index (χ0v) is 12.7. The van der Waals surface area contributed by atoms with E-state index in [2.05, 4.69) is 5.32 Å². The Morgan fingerprint density at radius 2 is 2.14 bits per heavy atom. The van der Waals surface area contributed by atoms with Crippen molar-refractivity contribution in [3.05, 3.63) is 29.8 Å². The molecule has 2 bridgehead atoms. The van der Waals surface area contributed by atoms with Crippen molar-refractivity contribution in [2.24, 2.45) is 23.5 Å². The normalized spacial score (nSPS) is 32.0. The van der Waals surface area contributed by atoms with Crippen LogP contribution in [0, 0.1) is 17.8 Å². The van der Waals surface area contributed by atoms with Crippen molar-refractivity contribution in [1.29, 1.82) is 0 Å². The lowest BCUT2D eigenvalue weighted by molar-refractivity contribution is -0.127. The lowest BCUT2D eigenvalue weighted by Crippen LogP contribution is -2.45. The maximum absolute atomic E-state index is 12.6. The molecule has 0 heterocycles. The standard InChI is InChI=1S/C17H24N2O2/c1-10(11-4-3-5-14(9-11)21-2)19-17(20)15-12-6-7-13(8-12)16(15)18/h3-5,9-10,12-13,15-16H,6-8,18H2,1-2H3,(H,19,20).